The van der Waals surface area contributed by atoms with Crippen molar-refractivity contribution in [3.8, 4) is 28.5 Å². The first kappa shape index (κ1) is 23.0. The van der Waals surface area contributed by atoms with Crippen molar-refractivity contribution in [2.45, 2.75) is 13.5 Å². The molecule has 1 amide bonds. The number of fused-ring (bicyclic) bond motifs is 1. The van der Waals surface area contributed by atoms with Crippen LogP contribution < -0.4 is 19.5 Å². The number of nitrogens with zero attached hydrogens (tertiary/aromatic N) is 6. The van der Waals surface area contributed by atoms with E-state index in [1.165, 1.54) is 22.8 Å². The van der Waals surface area contributed by atoms with Gasteiger partial charge in [0.1, 0.15) is 28.4 Å². The smallest absolute Gasteiger partial charge is 0.387 e. The number of amides is 1. The minimum absolute atomic E-state index is 0.101. The maximum absolute atomic E-state index is 13.2. The Labute approximate surface area is 202 Å². The lowest BCUT2D eigenvalue weighted by atomic mass is 10.1. The van der Waals surface area contributed by atoms with Gasteiger partial charge in [0, 0.05) is 19.4 Å². The first-order valence-corrected chi connectivity index (χ1v) is 10.7. The first-order valence-electron chi connectivity index (χ1n) is 10.7. The minimum Gasteiger partial charge on any atom is -0.454 e. The molecule has 5 rings (SSSR count). The lowest BCUT2D eigenvalue weighted by Gasteiger charge is -2.13. The largest absolute Gasteiger partial charge is 0.454 e. The van der Waals surface area contributed by atoms with Crippen LogP contribution in [0.5, 0.6) is 17.2 Å². The van der Waals surface area contributed by atoms with Crippen LogP contribution in [0, 0.1) is 6.92 Å². The van der Waals surface area contributed by atoms with Crippen molar-refractivity contribution < 1.29 is 27.7 Å². The van der Waals surface area contributed by atoms with Gasteiger partial charge in [0.05, 0.1) is 23.7 Å². The van der Waals surface area contributed by atoms with Crippen molar-refractivity contribution in [1.29, 1.82) is 0 Å². The second-order valence-electron chi connectivity index (χ2n) is 7.90. The molecule has 0 fully saturated rings. The molecule has 11 nitrogen and oxygen atoms in total. The van der Waals surface area contributed by atoms with Crippen LogP contribution in [0.25, 0.3) is 16.9 Å². The molecule has 13 heteroatoms. The van der Waals surface area contributed by atoms with Crippen LogP contribution >= 0.6 is 0 Å². The Hall–Kier alpha value is -4.81. The van der Waals surface area contributed by atoms with Crippen LogP contribution in [0.2, 0.25) is 0 Å². The highest BCUT2D eigenvalue weighted by Crippen LogP contribution is 2.38. The number of hydrogen-bond donors (Lipinski definition) is 2. The third-order valence-electron chi connectivity index (χ3n) is 5.51. The Bertz CT molecular complexity index is 1570. The van der Waals surface area contributed by atoms with Crippen molar-refractivity contribution in [3.63, 3.8) is 0 Å². The highest BCUT2D eigenvalue weighted by molar-refractivity contribution is 6.09. The third kappa shape index (κ3) is 4.33. The average Bonchev–Trinajstić information content (AvgIpc) is 3.53. The van der Waals surface area contributed by atoms with E-state index in [1.807, 2.05) is 6.92 Å². The molecule has 0 aliphatic carbocycles. The summed E-state index contributed by atoms with van der Waals surface area (Å²) in [5, 5.41) is 14.1. The number of benzene rings is 1. The van der Waals surface area contributed by atoms with Gasteiger partial charge in [-0.05, 0) is 31.2 Å². The molecule has 36 heavy (non-hydrogen) atoms. The molecular formula is C23H21F2N8O3+. The summed E-state index contributed by atoms with van der Waals surface area (Å²) < 4.78 is 41.8. The molecule has 0 atom stereocenters. The number of H-pyrrole nitrogens is 1. The van der Waals surface area contributed by atoms with Gasteiger partial charge in [0.25, 0.3) is 5.91 Å². The second-order valence-corrected chi connectivity index (χ2v) is 7.90. The number of carbonyl (C=O) groups is 1. The number of carbonyl (C=O) groups excluding carboxylic acids is 1. The summed E-state index contributed by atoms with van der Waals surface area (Å²) in [5.74, 6) is 0.302. The van der Waals surface area contributed by atoms with Gasteiger partial charge in [-0.25, -0.2) is 9.50 Å². The molecule has 0 aliphatic heterocycles. The third-order valence-corrected chi connectivity index (χ3v) is 5.51. The Morgan fingerprint density at radius 2 is 2.06 bits per heavy atom. The van der Waals surface area contributed by atoms with E-state index in [4.69, 9.17) is 9.47 Å². The number of nitrogens with one attached hydrogen (secondary N) is 2. The van der Waals surface area contributed by atoms with E-state index in [2.05, 4.69) is 25.6 Å². The number of aryl methyl sites for hydroxylation is 2. The van der Waals surface area contributed by atoms with Gasteiger partial charge in [-0.2, -0.15) is 24.1 Å². The van der Waals surface area contributed by atoms with Crippen LogP contribution in [0.1, 0.15) is 16.1 Å². The van der Waals surface area contributed by atoms with Crippen molar-refractivity contribution in [1.82, 2.24) is 29.5 Å². The molecule has 4 heterocycles. The predicted molar refractivity (Wildman–Crippen MR) is 123 cm³/mol. The van der Waals surface area contributed by atoms with Gasteiger partial charge in [-0.3, -0.25) is 9.48 Å². The zero-order valence-corrected chi connectivity index (χ0v) is 19.4. The molecule has 184 valence electrons. The fourth-order valence-electron chi connectivity index (χ4n) is 3.68. The quantitative estimate of drug-likeness (QED) is 0.335. The van der Waals surface area contributed by atoms with E-state index in [0.717, 1.165) is 5.69 Å². The molecule has 0 bridgehead atoms. The normalized spacial score (nSPS) is 11.3. The Kier molecular flexibility index (Phi) is 5.80. The predicted octanol–water partition coefficient (Wildman–Crippen LogP) is 3.24. The topological polar surface area (TPSA) is 115 Å². The van der Waals surface area contributed by atoms with E-state index < -0.39 is 12.5 Å². The summed E-state index contributed by atoms with van der Waals surface area (Å²) in [6, 6.07) is 6.13. The fraction of sp³-hybridized carbons (Fsp3) is 0.174. The van der Waals surface area contributed by atoms with Crippen molar-refractivity contribution >= 4 is 17.2 Å². The van der Waals surface area contributed by atoms with Crippen molar-refractivity contribution in [2.75, 3.05) is 5.32 Å². The summed E-state index contributed by atoms with van der Waals surface area (Å²) in [6.07, 6.45) is 7.80. The van der Waals surface area contributed by atoms with Gasteiger partial charge in [0.2, 0.25) is 6.20 Å². The number of aromatic nitrogens is 7. The molecule has 0 unspecified atom stereocenters. The number of alkyl halides is 2. The van der Waals surface area contributed by atoms with E-state index >= 15 is 0 Å². The number of ether oxygens (including phenoxy) is 2. The van der Waals surface area contributed by atoms with Gasteiger partial charge in [-0.1, -0.05) is 0 Å². The summed E-state index contributed by atoms with van der Waals surface area (Å²) in [5.41, 5.74) is 2.32. The standard InChI is InChI=1S/C23H20F2N8O3/c1-13-19(11-27-32(13)3)35-14-5-6-18(36-23(24)25)15(9-14)20-17(12-31(2)30-20)29-22(34)16-10-28-33-8-4-7-26-21(16)33/h4-12,23H,1-3H3,(H,29,34)/p+1. The van der Waals surface area contributed by atoms with Gasteiger partial charge < -0.3 is 14.8 Å². The maximum atomic E-state index is 13.2. The van der Waals surface area contributed by atoms with E-state index in [-0.39, 0.29) is 16.9 Å². The van der Waals surface area contributed by atoms with Gasteiger partial charge in [0.15, 0.2) is 18.4 Å². The Balaban J connectivity index is 1.53. The number of anilines is 1. The highest BCUT2D eigenvalue weighted by atomic mass is 19.3. The average molecular weight is 495 g/mol. The molecule has 5 aromatic rings. The molecule has 2 N–H and O–H groups in total. The molecule has 0 aliphatic rings. The van der Waals surface area contributed by atoms with E-state index in [1.54, 1.807) is 60.4 Å². The zero-order chi connectivity index (χ0) is 25.4. The van der Waals surface area contributed by atoms with Crippen LogP contribution in [-0.2, 0) is 14.1 Å². The van der Waals surface area contributed by atoms with Crippen molar-refractivity contribution in [3.05, 3.63) is 66.5 Å². The number of halogens is 2. The number of rotatable bonds is 7. The SMILES string of the molecule is Cc1c(Oc2ccc(OC(F)F)c(-c3[nH][n+](C)cc3NC(=O)c3cnn4cccnc34)c2)cnn1C. The second kappa shape index (κ2) is 9.09. The van der Waals surface area contributed by atoms with Crippen LogP contribution in [0.3, 0.4) is 0 Å². The summed E-state index contributed by atoms with van der Waals surface area (Å²) in [6.45, 7) is -1.21. The van der Waals surface area contributed by atoms with Crippen LogP contribution in [-0.4, -0.2) is 42.0 Å². The summed E-state index contributed by atoms with van der Waals surface area (Å²) >= 11 is 0. The lowest BCUT2D eigenvalue weighted by molar-refractivity contribution is -0.725. The Morgan fingerprint density at radius 1 is 1.22 bits per heavy atom. The minimum atomic E-state index is -3.05. The molecule has 0 spiro atoms. The first-order chi connectivity index (χ1) is 17.3. The highest BCUT2D eigenvalue weighted by Gasteiger charge is 2.24. The van der Waals surface area contributed by atoms with Crippen LogP contribution in [0.15, 0.2) is 55.2 Å². The van der Waals surface area contributed by atoms with E-state index in [0.29, 0.717) is 28.5 Å². The molecule has 1 aromatic carbocycles. The Morgan fingerprint density at radius 3 is 2.81 bits per heavy atom. The number of aromatic amines is 1. The molecule has 0 saturated heterocycles. The van der Waals surface area contributed by atoms with Gasteiger partial charge >= 0.3 is 6.61 Å². The van der Waals surface area contributed by atoms with Gasteiger partial charge in [-0.15, -0.1) is 4.68 Å². The molecule has 4 aromatic heterocycles. The maximum Gasteiger partial charge on any atom is 0.387 e. The monoisotopic (exact) mass is 495 g/mol. The summed E-state index contributed by atoms with van der Waals surface area (Å²) in [4.78, 5) is 17.3. The zero-order valence-electron chi connectivity index (χ0n) is 19.4. The van der Waals surface area contributed by atoms with E-state index in [9.17, 15) is 13.6 Å². The molecule has 0 radical (unpaired) electrons. The molecule has 0 saturated carbocycles. The fourth-order valence-corrected chi connectivity index (χ4v) is 3.68. The van der Waals surface area contributed by atoms with Crippen molar-refractivity contribution in [2.24, 2.45) is 14.1 Å². The van der Waals surface area contributed by atoms with Crippen LogP contribution in [0.4, 0.5) is 14.5 Å². The molecular weight excluding hydrogens is 474 g/mol. The lowest BCUT2D eigenvalue weighted by Crippen LogP contribution is -2.28. The summed E-state index contributed by atoms with van der Waals surface area (Å²) in [7, 11) is 3.48. The number of hydrogen-bond acceptors (Lipinski definition) is 6.